The molecule has 0 bridgehead atoms. The normalized spacial score (nSPS) is 11.4. The van der Waals surface area contributed by atoms with Crippen molar-refractivity contribution in [3.8, 4) is 0 Å². The van der Waals surface area contributed by atoms with Gasteiger partial charge in [0.2, 0.25) is 0 Å². The van der Waals surface area contributed by atoms with E-state index < -0.39 is 17.7 Å². The van der Waals surface area contributed by atoms with Crippen LogP contribution < -0.4 is 5.32 Å². The molecule has 0 radical (unpaired) electrons. The van der Waals surface area contributed by atoms with E-state index in [-0.39, 0.29) is 12.5 Å². The quantitative estimate of drug-likeness (QED) is 0.104. The molecule has 33 heavy (non-hydrogen) atoms. The van der Waals surface area contributed by atoms with E-state index in [1.807, 2.05) is 0 Å². The number of alkyl carbamates (subject to hydrolysis) is 1. The highest BCUT2D eigenvalue weighted by Crippen LogP contribution is 2.10. The van der Waals surface area contributed by atoms with Crippen LogP contribution in [0.2, 0.25) is 0 Å². The maximum atomic E-state index is 11.6. The van der Waals surface area contributed by atoms with Gasteiger partial charge in [-0.2, -0.15) is 0 Å². The van der Waals surface area contributed by atoms with Gasteiger partial charge in [-0.25, -0.2) is 4.79 Å². The number of rotatable bonds is 19. The molecule has 0 fully saturated rings. The minimum atomic E-state index is -0.612. The first-order valence-corrected chi connectivity index (χ1v) is 12.6. The Morgan fingerprint density at radius 2 is 1.15 bits per heavy atom. The maximum absolute atomic E-state index is 11.6. The van der Waals surface area contributed by atoms with Crippen molar-refractivity contribution in [3.63, 3.8) is 0 Å². The first kappa shape index (κ1) is 30.9. The standard InChI is InChI=1S/C26H47NO6/c1-23(28)31-20-18-16-14-12-10-8-6-5-7-9-11-13-15-17-19-21-32-24(29)22-27-25(30)33-26(2,3)4/h5-6H,7-22H2,1-4H3,(H,27,30)/b6-5-. The summed E-state index contributed by atoms with van der Waals surface area (Å²) in [6.07, 6.45) is 18.7. The number of carbonyl (C=O) groups excluding carboxylic acids is 3. The van der Waals surface area contributed by atoms with Crippen molar-refractivity contribution in [3.05, 3.63) is 12.2 Å². The molecule has 1 N–H and O–H groups in total. The highest BCUT2D eigenvalue weighted by molar-refractivity contribution is 5.77. The van der Waals surface area contributed by atoms with Gasteiger partial charge in [-0.1, -0.05) is 57.1 Å². The van der Waals surface area contributed by atoms with E-state index >= 15 is 0 Å². The molecule has 0 unspecified atom stereocenters. The van der Waals surface area contributed by atoms with Crippen molar-refractivity contribution >= 4 is 18.0 Å². The summed E-state index contributed by atoms with van der Waals surface area (Å²) in [6, 6.07) is 0. The van der Waals surface area contributed by atoms with E-state index in [9.17, 15) is 14.4 Å². The molecule has 7 nitrogen and oxygen atoms in total. The molecule has 0 saturated heterocycles. The molecule has 0 aromatic carbocycles. The molecule has 0 aliphatic heterocycles. The van der Waals surface area contributed by atoms with Gasteiger partial charge < -0.3 is 19.5 Å². The molecule has 0 aliphatic rings. The van der Waals surface area contributed by atoms with Gasteiger partial charge in [0.25, 0.3) is 0 Å². The number of carbonyl (C=O) groups is 3. The molecule has 192 valence electrons. The lowest BCUT2D eigenvalue weighted by Crippen LogP contribution is -2.36. The Labute approximate surface area is 201 Å². The average molecular weight is 470 g/mol. The predicted molar refractivity (Wildman–Crippen MR) is 131 cm³/mol. The van der Waals surface area contributed by atoms with Crippen LogP contribution in [0.5, 0.6) is 0 Å². The lowest BCUT2D eigenvalue weighted by molar-refractivity contribution is -0.143. The monoisotopic (exact) mass is 469 g/mol. The summed E-state index contributed by atoms with van der Waals surface area (Å²) in [5.41, 5.74) is -0.584. The van der Waals surface area contributed by atoms with Crippen molar-refractivity contribution in [2.45, 2.75) is 117 Å². The summed E-state index contributed by atoms with van der Waals surface area (Å²) in [6.45, 7) is 7.54. The molecule has 0 saturated carbocycles. The van der Waals surface area contributed by atoms with E-state index in [2.05, 4.69) is 17.5 Å². The van der Waals surface area contributed by atoms with Crippen LogP contribution in [-0.4, -0.2) is 43.4 Å². The molecule has 7 heteroatoms. The highest BCUT2D eigenvalue weighted by Gasteiger charge is 2.16. The van der Waals surface area contributed by atoms with Gasteiger partial charge in [-0.05, 0) is 59.3 Å². The molecule has 0 spiro atoms. The van der Waals surface area contributed by atoms with Gasteiger partial charge >= 0.3 is 18.0 Å². The summed E-state index contributed by atoms with van der Waals surface area (Å²) >= 11 is 0. The molecule has 0 heterocycles. The number of esters is 2. The Balaban J connectivity index is 3.32. The fourth-order valence-electron chi connectivity index (χ4n) is 3.11. The van der Waals surface area contributed by atoms with Gasteiger partial charge in [0, 0.05) is 6.92 Å². The Morgan fingerprint density at radius 3 is 1.64 bits per heavy atom. The first-order chi connectivity index (χ1) is 15.7. The van der Waals surface area contributed by atoms with E-state index in [4.69, 9.17) is 14.2 Å². The number of hydrogen-bond donors (Lipinski definition) is 1. The average Bonchev–Trinajstić information content (AvgIpc) is 2.72. The van der Waals surface area contributed by atoms with E-state index in [0.29, 0.717) is 13.2 Å². The van der Waals surface area contributed by atoms with Crippen LogP contribution in [0.4, 0.5) is 4.79 Å². The van der Waals surface area contributed by atoms with E-state index in [0.717, 1.165) is 44.9 Å². The second-order valence-electron chi connectivity index (χ2n) is 9.35. The third kappa shape index (κ3) is 26.1. The number of amides is 1. The maximum Gasteiger partial charge on any atom is 0.408 e. The van der Waals surface area contributed by atoms with Gasteiger partial charge in [-0.15, -0.1) is 0 Å². The summed E-state index contributed by atoms with van der Waals surface area (Å²) in [4.78, 5) is 33.7. The van der Waals surface area contributed by atoms with Gasteiger partial charge in [0.05, 0.1) is 13.2 Å². The number of hydrogen-bond acceptors (Lipinski definition) is 6. The second kappa shape index (κ2) is 20.5. The van der Waals surface area contributed by atoms with E-state index in [1.54, 1.807) is 20.8 Å². The number of unbranched alkanes of at least 4 members (excludes halogenated alkanes) is 11. The van der Waals surface area contributed by atoms with Crippen molar-refractivity contribution in [2.75, 3.05) is 19.8 Å². The minimum Gasteiger partial charge on any atom is -0.466 e. The van der Waals surface area contributed by atoms with E-state index in [1.165, 1.54) is 45.4 Å². The van der Waals surface area contributed by atoms with Gasteiger partial charge in [-0.3, -0.25) is 9.59 Å². The molecule has 1 amide bonds. The lowest BCUT2D eigenvalue weighted by atomic mass is 10.1. The fraction of sp³-hybridized carbons (Fsp3) is 0.808. The first-order valence-electron chi connectivity index (χ1n) is 12.6. The number of ether oxygens (including phenoxy) is 3. The van der Waals surface area contributed by atoms with Crippen LogP contribution in [-0.2, 0) is 23.8 Å². The Morgan fingerprint density at radius 1 is 0.697 bits per heavy atom. The number of nitrogens with one attached hydrogen (secondary N) is 1. The molecule has 0 aromatic rings. The van der Waals surface area contributed by atoms with Crippen LogP contribution in [0.3, 0.4) is 0 Å². The lowest BCUT2D eigenvalue weighted by Gasteiger charge is -2.19. The van der Waals surface area contributed by atoms with Crippen molar-refractivity contribution < 1.29 is 28.6 Å². The van der Waals surface area contributed by atoms with Crippen LogP contribution in [0.1, 0.15) is 111 Å². The smallest absolute Gasteiger partial charge is 0.408 e. The summed E-state index contributed by atoms with van der Waals surface area (Å²) in [7, 11) is 0. The van der Waals surface area contributed by atoms with Crippen molar-refractivity contribution in [1.82, 2.24) is 5.32 Å². The largest absolute Gasteiger partial charge is 0.466 e. The topological polar surface area (TPSA) is 90.9 Å². The van der Waals surface area contributed by atoms with Gasteiger partial charge in [0.15, 0.2) is 0 Å². The molecule has 0 rings (SSSR count). The summed E-state index contributed by atoms with van der Waals surface area (Å²) in [5, 5.41) is 2.40. The summed E-state index contributed by atoms with van der Waals surface area (Å²) < 4.78 is 15.1. The van der Waals surface area contributed by atoms with Crippen LogP contribution in [0.15, 0.2) is 12.2 Å². The summed E-state index contributed by atoms with van der Waals surface area (Å²) in [5.74, 6) is -0.627. The van der Waals surface area contributed by atoms with Crippen LogP contribution >= 0.6 is 0 Å². The zero-order valence-electron chi connectivity index (χ0n) is 21.4. The van der Waals surface area contributed by atoms with Gasteiger partial charge in [0.1, 0.15) is 12.1 Å². The molecule has 0 atom stereocenters. The SMILES string of the molecule is CC(=O)OCCCCCCC/C=C\CCCCCCCCOC(=O)CNC(=O)OC(C)(C)C. The predicted octanol–water partition coefficient (Wildman–Crippen LogP) is 6.24. The molecular formula is C26H47NO6. The Kier molecular flexibility index (Phi) is 19.3. The third-order valence-corrected chi connectivity index (χ3v) is 4.79. The zero-order chi connectivity index (χ0) is 24.8. The minimum absolute atomic E-state index is 0.167. The highest BCUT2D eigenvalue weighted by atomic mass is 16.6. The second-order valence-corrected chi connectivity index (χ2v) is 9.35. The third-order valence-electron chi connectivity index (χ3n) is 4.79. The Hall–Kier alpha value is -2.05. The van der Waals surface area contributed by atoms with Crippen LogP contribution in [0.25, 0.3) is 0 Å². The van der Waals surface area contributed by atoms with Crippen molar-refractivity contribution in [2.24, 2.45) is 0 Å². The zero-order valence-corrected chi connectivity index (χ0v) is 21.4. The molecular weight excluding hydrogens is 422 g/mol. The molecule has 0 aliphatic carbocycles. The number of allylic oxidation sites excluding steroid dienone is 2. The van der Waals surface area contributed by atoms with Crippen molar-refractivity contribution in [1.29, 1.82) is 0 Å². The molecule has 0 aromatic heterocycles. The van der Waals surface area contributed by atoms with Crippen LogP contribution in [0, 0.1) is 0 Å². The fourth-order valence-corrected chi connectivity index (χ4v) is 3.11. The Bertz CT molecular complexity index is 553.